The van der Waals surface area contributed by atoms with Gasteiger partial charge in [0.1, 0.15) is 17.1 Å². The minimum atomic E-state index is -1.36. The third-order valence-corrected chi connectivity index (χ3v) is 6.50. The quantitative estimate of drug-likeness (QED) is 0.525. The molecule has 0 spiro atoms. The topological polar surface area (TPSA) is 93.5 Å². The zero-order valence-electron chi connectivity index (χ0n) is 19.5. The summed E-state index contributed by atoms with van der Waals surface area (Å²) in [5.41, 5.74) is 0.960. The van der Waals surface area contributed by atoms with Gasteiger partial charge in [-0.25, -0.2) is 14.2 Å². The van der Waals surface area contributed by atoms with E-state index in [-0.39, 0.29) is 36.0 Å². The molecule has 0 bridgehead atoms. The highest BCUT2D eigenvalue weighted by molar-refractivity contribution is 6.31. The number of nitrogens with zero attached hydrogens (tertiary/aromatic N) is 3. The highest BCUT2D eigenvalue weighted by Crippen LogP contribution is 2.32. The fourth-order valence-electron chi connectivity index (χ4n) is 4.08. The Morgan fingerprint density at radius 1 is 1.23 bits per heavy atom. The van der Waals surface area contributed by atoms with E-state index in [0.29, 0.717) is 5.56 Å². The van der Waals surface area contributed by atoms with Crippen LogP contribution in [0, 0.1) is 12.7 Å². The van der Waals surface area contributed by atoms with E-state index >= 15 is 0 Å². The number of carbonyl (C=O) groups is 3. The highest BCUT2D eigenvalue weighted by atomic mass is 35.5. The molecule has 0 fully saturated rings. The minimum absolute atomic E-state index is 0.0129. The van der Waals surface area contributed by atoms with Crippen LogP contribution < -0.4 is 5.32 Å². The van der Waals surface area contributed by atoms with Crippen LogP contribution in [-0.4, -0.2) is 44.9 Å². The van der Waals surface area contributed by atoms with E-state index in [1.54, 1.807) is 6.92 Å². The smallest absolute Gasteiger partial charge is 0.359 e. The van der Waals surface area contributed by atoms with E-state index in [0.717, 1.165) is 17.2 Å². The molecule has 0 unspecified atom stereocenters. The molecule has 1 N–H and O–H groups in total. The molecule has 1 aliphatic heterocycles. The molecule has 2 heterocycles. The summed E-state index contributed by atoms with van der Waals surface area (Å²) in [5, 5.41) is 3.03. The minimum Gasteiger partial charge on any atom is -0.464 e. The number of amides is 2. The van der Waals surface area contributed by atoms with Crippen molar-refractivity contribution >= 4 is 29.4 Å². The maximum Gasteiger partial charge on any atom is 0.359 e. The van der Waals surface area contributed by atoms with Crippen LogP contribution in [0.2, 0.25) is 5.02 Å². The zero-order chi connectivity index (χ0) is 25.3. The van der Waals surface area contributed by atoms with Gasteiger partial charge in [0.2, 0.25) is 5.91 Å². The average molecular weight is 499 g/mol. The Kier molecular flexibility index (Phi) is 6.62. The molecule has 3 aromatic rings. The molecule has 0 radical (unpaired) electrons. The van der Waals surface area contributed by atoms with Crippen LogP contribution in [0.4, 0.5) is 4.39 Å². The number of rotatable bonds is 6. The van der Waals surface area contributed by atoms with Crippen LogP contribution in [0.1, 0.15) is 44.6 Å². The summed E-state index contributed by atoms with van der Waals surface area (Å²) in [6.45, 7) is 3.82. The number of halogens is 2. The summed E-state index contributed by atoms with van der Waals surface area (Å²) < 4.78 is 19.9. The molecule has 2 amide bonds. The third-order valence-electron chi connectivity index (χ3n) is 6.14. The van der Waals surface area contributed by atoms with Crippen molar-refractivity contribution in [2.24, 2.45) is 0 Å². The maximum atomic E-state index is 13.7. The van der Waals surface area contributed by atoms with Crippen molar-refractivity contribution in [3.05, 3.63) is 87.7 Å². The number of aryl methyl sites for hydroxylation is 1. The predicted molar refractivity (Wildman–Crippen MR) is 126 cm³/mol. The van der Waals surface area contributed by atoms with E-state index in [4.69, 9.17) is 16.3 Å². The van der Waals surface area contributed by atoms with Gasteiger partial charge in [-0.2, -0.15) is 0 Å². The number of carbonyl (C=O) groups excluding carboxylic acids is 3. The Morgan fingerprint density at radius 2 is 1.94 bits per heavy atom. The predicted octanol–water partition coefficient (Wildman–Crippen LogP) is 3.50. The van der Waals surface area contributed by atoms with Gasteiger partial charge < -0.3 is 19.5 Å². The van der Waals surface area contributed by atoms with Crippen molar-refractivity contribution in [3.63, 3.8) is 0 Å². The number of aromatic nitrogens is 2. The number of esters is 1. The van der Waals surface area contributed by atoms with Gasteiger partial charge in [-0.05, 0) is 37.1 Å². The van der Waals surface area contributed by atoms with Crippen molar-refractivity contribution in [1.29, 1.82) is 0 Å². The molecule has 0 saturated heterocycles. The summed E-state index contributed by atoms with van der Waals surface area (Å²) in [6, 6.07) is 11.6. The number of nitrogens with one attached hydrogen (secondary N) is 1. The summed E-state index contributed by atoms with van der Waals surface area (Å²) in [5.74, 6) is -2.28. The highest BCUT2D eigenvalue weighted by Gasteiger charge is 2.49. The lowest BCUT2D eigenvalue weighted by Crippen LogP contribution is -2.63. The van der Waals surface area contributed by atoms with Gasteiger partial charge in [0, 0.05) is 18.1 Å². The summed E-state index contributed by atoms with van der Waals surface area (Å²) >= 11 is 6.24. The first kappa shape index (κ1) is 24.4. The molecule has 0 aliphatic carbocycles. The Bertz CT molecular complexity index is 1310. The Labute approximate surface area is 206 Å². The van der Waals surface area contributed by atoms with Gasteiger partial charge in [0.25, 0.3) is 5.91 Å². The lowest BCUT2D eigenvalue weighted by atomic mass is 9.93. The van der Waals surface area contributed by atoms with Crippen LogP contribution in [0.5, 0.6) is 0 Å². The second-order valence-electron chi connectivity index (χ2n) is 8.63. The summed E-state index contributed by atoms with van der Waals surface area (Å²) in [4.78, 5) is 44.8. The van der Waals surface area contributed by atoms with Gasteiger partial charge in [-0.1, -0.05) is 47.5 Å². The van der Waals surface area contributed by atoms with E-state index in [1.165, 1.54) is 35.0 Å². The van der Waals surface area contributed by atoms with Crippen molar-refractivity contribution in [1.82, 2.24) is 19.8 Å². The second kappa shape index (κ2) is 9.50. The van der Waals surface area contributed by atoms with Crippen LogP contribution in [0.3, 0.4) is 0 Å². The lowest BCUT2D eigenvalue weighted by molar-refractivity contribution is -0.133. The fourth-order valence-corrected chi connectivity index (χ4v) is 4.31. The molecule has 2 aromatic carbocycles. The Balaban J connectivity index is 1.71. The van der Waals surface area contributed by atoms with Gasteiger partial charge in [-0.3, -0.25) is 9.59 Å². The molecule has 1 aliphatic rings. The standard InChI is InChI=1S/C25H24ClFN4O4/c1-15-4-6-16(7-5-15)11-28-24(34)25(2)13-30-14-29-20(23(33)35-3)21(30)22(32)31(25)12-17-8-9-18(27)10-19(17)26/h4-10,14H,11-13H2,1-3H3,(H,28,34)/t25-/m0/s1. The number of hydrogen-bond acceptors (Lipinski definition) is 5. The largest absolute Gasteiger partial charge is 0.464 e. The maximum absolute atomic E-state index is 13.7. The van der Waals surface area contributed by atoms with E-state index in [1.807, 2.05) is 31.2 Å². The number of benzene rings is 2. The number of hydrogen-bond donors (Lipinski definition) is 1. The molecule has 35 heavy (non-hydrogen) atoms. The number of fused-ring (bicyclic) bond motifs is 1. The molecule has 0 saturated carbocycles. The van der Waals surface area contributed by atoms with Crippen molar-refractivity contribution in [3.8, 4) is 0 Å². The van der Waals surface area contributed by atoms with Gasteiger partial charge in [0.05, 0.1) is 20.0 Å². The van der Waals surface area contributed by atoms with E-state index < -0.39 is 29.1 Å². The van der Waals surface area contributed by atoms with Gasteiger partial charge >= 0.3 is 5.97 Å². The molecule has 182 valence electrons. The van der Waals surface area contributed by atoms with Crippen molar-refractivity contribution < 1.29 is 23.5 Å². The van der Waals surface area contributed by atoms with Gasteiger partial charge in [0.15, 0.2) is 5.69 Å². The molecule has 1 aromatic heterocycles. The first-order chi connectivity index (χ1) is 16.6. The normalized spacial score (nSPS) is 17.2. The molecular formula is C25H24ClFN4O4. The lowest BCUT2D eigenvalue weighted by Gasteiger charge is -2.43. The Morgan fingerprint density at radius 3 is 2.60 bits per heavy atom. The van der Waals surface area contributed by atoms with Crippen molar-refractivity contribution in [2.45, 2.75) is 39.0 Å². The van der Waals surface area contributed by atoms with E-state index in [2.05, 4.69) is 10.3 Å². The molecular weight excluding hydrogens is 475 g/mol. The first-order valence-corrected chi connectivity index (χ1v) is 11.2. The SMILES string of the molecule is COC(=O)c1ncn2c1C(=O)N(Cc1ccc(F)cc1Cl)[C@](C)(C(=O)NCc1ccc(C)cc1)C2. The van der Waals surface area contributed by atoms with Crippen LogP contribution in [-0.2, 0) is 29.2 Å². The Hall–Kier alpha value is -3.72. The van der Waals surface area contributed by atoms with Crippen LogP contribution in [0.25, 0.3) is 0 Å². The molecule has 4 rings (SSSR count). The second-order valence-corrected chi connectivity index (χ2v) is 9.04. The van der Waals surface area contributed by atoms with Gasteiger partial charge in [-0.15, -0.1) is 0 Å². The third kappa shape index (κ3) is 4.64. The summed E-state index contributed by atoms with van der Waals surface area (Å²) in [6.07, 6.45) is 1.34. The number of ether oxygens (including phenoxy) is 1. The molecule has 1 atom stereocenters. The van der Waals surface area contributed by atoms with Crippen LogP contribution in [0.15, 0.2) is 48.8 Å². The van der Waals surface area contributed by atoms with Crippen molar-refractivity contribution in [2.75, 3.05) is 7.11 Å². The average Bonchev–Trinajstić information content (AvgIpc) is 3.25. The summed E-state index contributed by atoms with van der Waals surface area (Å²) in [7, 11) is 1.19. The number of methoxy groups -OCH3 is 1. The zero-order valence-corrected chi connectivity index (χ0v) is 20.2. The number of imidazole rings is 1. The van der Waals surface area contributed by atoms with Crippen LogP contribution >= 0.6 is 11.6 Å². The molecule has 8 nitrogen and oxygen atoms in total. The first-order valence-electron chi connectivity index (χ1n) is 10.9. The molecule has 10 heteroatoms. The fraction of sp³-hybridized carbons (Fsp3) is 0.280. The monoisotopic (exact) mass is 498 g/mol. The van der Waals surface area contributed by atoms with E-state index in [9.17, 15) is 18.8 Å².